The largest absolute Gasteiger partial charge is 0.455 e. The molecular formula is C44H27NO2. The number of nitrogens with zero attached hydrogens (tertiary/aromatic N) is 1. The highest BCUT2D eigenvalue weighted by Crippen LogP contribution is 2.45. The second-order valence-electron chi connectivity index (χ2n) is 12.1. The first-order chi connectivity index (χ1) is 23.3. The van der Waals surface area contributed by atoms with Crippen molar-refractivity contribution in [3.63, 3.8) is 0 Å². The summed E-state index contributed by atoms with van der Waals surface area (Å²) < 4.78 is 13.1. The van der Waals surface area contributed by atoms with Gasteiger partial charge in [0.05, 0.1) is 11.4 Å². The maximum absolute atomic E-state index is 6.57. The smallest absolute Gasteiger partial charge is 0.159 e. The summed E-state index contributed by atoms with van der Waals surface area (Å²) in [6.45, 7) is 0. The maximum Gasteiger partial charge on any atom is 0.159 e. The lowest BCUT2D eigenvalue weighted by Gasteiger charge is -2.27. The molecule has 0 radical (unpaired) electrons. The van der Waals surface area contributed by atoms with Crippen molar-refractivity contribution in [2.75, 3.05) is 4.90 Å². The van der Waals surface area contributed by atoms with Gasteiger partial charge in [0, 0.05) is 38.0 Å². The van der Waals surface area contributed by atoms with Crippen LogP contribution in [0.15, 0.2) is 173 Å². The van der Waals surface area contributed by atoms with Crippen LogP contribution in [0.1, 0.15) is 0 Å². The van der Waals surface area contributed by atoms with E-state index in [1.165, 1.54) is 16.2 Å². The molecule has 3 heteroatoms. The maximum atomic E-state index is 6.57. The average molecular weight is 602 g/mol. The predicted molar refractivity (Wildman–Crippen MR) is 196 cm³/mol. The number of para-hydroxylation sites is 2. The lowest BCUT2D eigenvalue weighted by atomic mass is 9.97. The van der Waals surface area contributed by atoms with E-state index >= 15 is 0 Å². The zero-order valence-corrected chi connectivity index (χ0v) is 25.4. The van der Waals surface area contributed by atoms with E-state index in [-0.39, 0.29) is 0 Å². The van der Waals surface area contributed by atoms with Crippen molar-refractivity contribution in [1.82, 2.24) is 0 Å². The Morgan fingerprint density at radius 2 is 0.979 bits per heavy atom. The van der Waals surface area contributed by atoms with Crippen molar-refractivity contribution in [2.24, 2.45) is 0 Å². The molecule has 3 nitrogen and oxygen atoms in total. The van der Waals surface area contributed by atoms with Crippen LogP contribution in [0, 0.1) is 0 Å². The van der Waals surface area contributed by atoms with Crippen LogP contribution in [0.4, 0.5) is 17.1 Å². The van der Waals surface area contributed by atoms with E-state index in [1.807, 2.05) is 12.1 Å². The molecule has 2 aromatic heterocycles. The Labute approximate surface area is 270 Å². The summed E-state index contributed by atoms with van der Waals surface area (Å²) in [6.07, 6.45) is 0. The van der Waals surface area contributed by atoms with Crippen molar-refractivity contribution >= 4 is 82.5 Å². The number of anilines is 3. The molecule has 0 bridgehead atoms. The molecule has 2 heterocycles. The minimum Gasteiger partial charge on any atom is -0.455 e. The highest BCUT2D eigenvalue weighted by molar-refractivity contribution is 6.19. The summed E-state index contributed by atoms with van der Waals surface area (Å²) in [4.78, 5) is 2.33. The third-order valence-electron chi connectivity index (χ3n) is 9.46. The molecule has 220 valence electrons. The normalized spacial score (nSPS) is 11.8. The lowest BCUT2D eigenvalue weighted by molar-refractivity contribution is 0.669. The van der Waals surface area contributed by atoms with E-state index < -0.39 is 0 Å². The highest BCUT2D eigenvalue weighted by Gasteiger charge is 2.21. The summed E-state index contributed by atoms with van der Waals surface area (Å²) in [5.74, 6) is 0. The number of fused-ring (bicyclic) bond motifs is 9. The Kier molecular flexibility index (Phi) is 5.57. The SMILES string of the molecule is c1ccc2c(N(c3ccc(-c4cccc5oc6c7ccccc7ccc6c45)cc3)c3cccc4c3oc3ccccc34)cccc2c1. The number of benzene rings is 8. The van der Waals surface area contributed by atoms with Gasteiger partial charge in [-0.05, 0) is 64.4 Å². The van der Waals surface area contributed by atoms with Gasteiger partial charge in [0.15, 0.2) is 5.58 Å². The molecule has 0 amide bonds. The van der Waals surface area contributed by atoms with Crippen LogP contribution in [0.2, 0.25) is 0 Å². The summed E-state index contributed by atoms with van der Waals surface area (Å²) in [5, 5.41) is 9.16. The number of hydrogen-bond acceptors (Lipinski definition) is 3. The first kappa shape index (κ1) is 26.0. The molecule has 0 N–H and O–H groups in total. The molecule has 0 aliphatic heterocycles. The van der Waals surface area contributed by atoms with Crippen LogP contribution in [0.25, 0.3) is 76.5 Å². The molecule has 10 rings (SSSR count). The quantitative estimate of drug-likeness (QED) is 0.201. The van der Waals surface area contributed by atoms with Crippen molar-refractivity contribution in [3.05, 3.63) is 164 Å². The lowest BCUT2D eigenvalue weighted by Crippen LogP contribution is -2.10. The van der Waals surface area contributed by atoms with Crippen LogP contribution in [-0.4, -0.2) is 0 Å². The molecule has 0 saturated heterocycles. The van der Waals surface area contributed by atoms with E-state index in [4.69, 9.17) is 8.83 Å². The Bertz CT molecular complexity index is 2800. The third-order valence-corrected chi connectivity index (χ3v) is 9.46. The molecule has 8 aromatic carbocycles. The zero-order chi connectivity index (χ0) is 30.9. The molecule has 0 fully saturated rings. The number of hydrogen-bond donors (Lipinski definition) is 0. The van der Waals surface area contributed by atoms with E-state index in [1.54, 1.807) is 0 Å². The van der Waals surface area contributed by atoms with Gasteiger partial charge in [0.1, 0.15) is 16.7 Å². The van der Waals surface area contributed by atoms with Gasteiger partial charge in [-0.15, -0.1) is 0 Å². The highest BCUT2D eigenvalue weighted by atomic mass is 16.3. The molecule has 47 heavy (non-hydrogen) atoms. The van der Waals surface area contributed by atoms with Crippen LogP contribution in [0.5, 0.6) is 0 Å². The molecular weight excluding hydrogens is 574 g/mol. The van der Waals surface area contributed by atoms with E-state index in [9.17, 15) is 0 Å². The van der Waals surface area contributed by atoms with Crippen LogP contribution in [-0.2, 0) is 0 Å². The average Bonchev–Trinajstić information content (AvgIpc) is 3.72. The van der Waals surface area contributed by atoms with Crippen molar-refractivity contribution in [2.45, 2.75) is 0 Å². The minimum atomic E-state index is 0.868. The van der Waals surface area contributed by atoms with Crippen molar-refractivity contribution in [3.8, 4) is 11.1 Å². The molecule has 0 unspecified atom stereocenters. The summed E-state index contributed by atoms with van der Waals surface area (Å²) in [7, 11) is 0. The number of rotatable bonds is 4. The molecule has 0 spiro atoms. The molecule has 0 atom stereocenters. The predicted octanol–water partition coefficient (Wildman–Crippen LogP) is 12.9. The van der Waals surface area contributed by atoms with E-state index in [0.717, 1.165) is 77.5 Å². The van der Waals surface area contributed by atoms with Crippen LogP contribution >= 0.6 is 0 Å². The van der Waals surface area contributed by atoms with Gasteiger partial charge in [-0.25, -0.2) is 0 Å². The van der Waals surface area contributed by atoms with Gasteiger partial charge < -0.3 is 13.7 Å². The van der Waals surface area contributed by atoms with E-state index in [2.05, 4.69) is 157 Å². The Balaban J connectivity index is 1.18. The summed E-state index contributed by atoms with van der Waals surface area (Å²) >= 11 is 0. The van der Waals surface area contributed by atoms with Gasteiger partial charge in [-0.3, -0.25) is 0 Å². The van der Waals surface area contributed by atoms with Gasteiger partial charge in [-0.1, -0.05) is 121 Å². The molecule has 0 aliphatic rings. The van der Waals surface area contributed by atoms with Gasteiger partial charge in [-0.2, -0.15) is 0 Å². The third kappa shape index (κ3) is 3.93. The monoisotopic (exact) mass is 601 g/mol. The summed E-state index contributed by atoms with van der Waals surface area (Å²) in [6, 6.07) is 57.8. The standard InChI is InChI=1S/C44H27NO2/c1-3-13-32-28(10-1)12-7-18-38(32)45(39-19-8-17-36-35-15-5-6-20-40(35)46-44(36)39)31-25-22-30(23-26-31)33-16-9-21-41-42(33)37-27-24-29-11-2-4-14-34(29)43(37)47-41/h1-27H. The first-order valence-corrected chi connectivity index (χ1v) is 15.9. The Morgan fingerprint density at radius 1 is 0.362 bits per heavy atom. The van der Waals surface area contributed by atoms with Gasteiger partial charge >= 0.3 is 0 Å². The molecule has 10 aromatic rings. The Morgan fingerprint density at radius 3 is 1.85 bits per heavy atom. The van der Waals surface area contributed by atoms with Gasteiger partial charge in [0.25, 0.3) is 0 Å². The van der Waals surface area contributed by atoms with E-state index in [0.29, 0.717) is 0 Å². The topological polar surface area (TPSA) is 29.5 Å². The van der Waals surface area contributed by atoms with Crippen LogP contribution < -0.4 is 4.90 Å². The zero-order valence-electron chi connectivity index (χ0n) is 25.4. The second kappa shape index (κ2) is 10.1. The minimum absolute atomic E-state index is 0.868. The van der Waals surface area contributed by atoms with Crippen LogP contribution in [0.3, 0.4) is 0 Å². The van der Waals surface area contributed by atoms with Crippen molar-refractivity contribution in [1.29, 1.82) is 0 Å². The second-order valence-corrected chi connectivity index (χ2v) is 12.1. The number of furan rings is 2. The fourth-order valence-corrected chi connectivity index (χ4v) is 7.30. The summed E-state index contributed by atoms with van der Waals surface area (Å²) in [5.41, 5.74) is 9.01. The molecule has 0 aliphatic carbocycles. The first-order valence-electron chi connectivity index (χ1n) is 15.9. The van der Waals surface area contributed by atoms with Gasteiger partial charge in [0.2, 0.25) is 0 Å². The fourth-order valence-electron chi connectivity index (χ4n) is 7.30. The fraction of sp³-hybridized carbons (Fsp3) is 0. The molecule has 0 saturated carbocycles. The Hall–Kier alpha value is -6.32. The van der Waals surface area contributed by atoms with Crippen molar-refractivity contribution < 1.29 is 8.83 Å².